The number of nitrogen functional groups attached to an aromatic ring is 1. The minimum atomic E-state index is -0.607. The average Bonchev–Trinajstić information content (AvgIpc) is 3.23. The smallest absolute Gasteiger partial charge is 0.353 e. The number of nitrogens with zero attached hydrogens (tertiary/aromatic N) is 3. The van der Waals surface area contributed by atoms with E-state index in [9.17, 15) is 10.1 Å². The minimum absolute atomic E-state index is 0.0405. The fourth-order valence-corrected chi connectivity index (χ4v) is 2.45. The van der Waals surface area contributed by atoms with Crippen LogP contribution in [-0.4, -0.2) is 34.1 Å². The summed E-state index contributed by atoms with van der Waals surface area (Å²) in [4.78, 5) is 18.7. The number of aromatic nitrogens is 2. The van der Waals surface area contributed by atoms with Crippen molar-refractivity contribution in [2.45, 2.75) is 25.5 Å². The number of furan rings is 1. The molecule has 3 heterocycles. The van der Waals surface area contributed by atoms with E-state index in [2.05, 4.69) is 20.6 Å². The van der Waals surface area contributed by atoms with E-state index >= 15 is 0 Å². The van der Waals surface area contributed by atoms with Crippen molar-refractivity contribution in [3.8, 4) is 0 Å². The molecule has 4 N–H and O–H groups in total. The van der Waals surface area contributed by atoms with E-state index in [0.29, 0.717) is 12.3 Å². The van der Waals surface area contributed by atoms with Crippen LogP contribution in [-0.2, 0) is 11.3 Å². The number of hydrogen-bond donors (Lipinski definition) is 3. The first kappa shape index (κ1) is 16.0. The molecule has 0 bridgehead atoms. The van der Waals surface area contributed by atoms with Crippen LogP contribution in [0.3, 0.4) is 0 Å². The number of anilines is 3. The van der Waals surface area contributed by atoms with E-state index in [1.165, 1.54) is 6.26 Å². The Kier molecular flexibility index (Phi) is 4.75. The Bertz CT molecular complexity index is 700. The van der Waals surface area contributed by atoms with Gasteiger partial charge in [-0.15, -0.1) is 0 Å². The highest BCUT2D eigenvalue weighted by molar-refractivity contribution is 5.69. The molecule has 0 saturated carbocycles. The number of hydrogen-bond acceptors (Lipinski definition) is 9. The van der Waals surface area contributed by atoms with Crippen molar-refractivity contribution in [3.63, 3.8) is 0 Å². The molecular formula is C14H18N6O4. The van der Waals surface area contributed by atoms with E-state index in [4.69, 9.17) is 14.9 Å². The Morgan fingerprint density at radius 3 is 2.96 bits per heavy atom. The summed E-state index contributed by atoms with van der Waals surface area (Å²) >= 11 is 0. The highest BCUT2D eigenvalue weighted by Crippen LogP contribution is 2.29. The van der Waals surface area contributed by atoms with Crippen LogP contribution in [0.1, 0.15) is 18.6 Å². The van der Waals surface area contributed by atoms with Crippen molar-refractivity contribution in [3.05, 3.63) is 34.3 Å². The Morgan fingerprint density at radius 2 is 2.29 bits per heavy atom. The van der Waals surface area contributed by atoms with Gasteiger partial charge in [-0.1, -0.05) is 0 Å². The van der Waals surface area contributed by atoms with Crippen molar-refractivity contribution in [1.29, 1.82) is 0 Å². The van der Waals surface area contributed by atoms with Crippen molar-refractivity contribution < 1.29 is 14.1 Å². The van der Waals surface area contributed by atoms with Crippen molar-refractivity contribution in [2.24, 2.45) is 0 Å². The minimum Gasteiger partial charge on any atom is -0.467 e. The Balaban J connectivity index is 1.76. The second kappa shape index (κ2) is 7.13. The Hall–Kier alpha value is -2.88. The molecule has 0 radical (unpaired) electrons. The van der Waals surface area contributed by atoms with Gasteiger partial charge in [0.15, 0.2) is 0 Å². The summed E-state index contributed by atoms with van der Waals surface area (Å²) in [5, 5.41) is 17.1. The van der Waals surface area contributed by atoms with Crippen LogP contribution >= 0.6 is 0 Å². The average molecular weight is 334 g/mol. The van der Waals surface area contributed by atoms with E-state index in [1.807, 2.05) is 0 Å². The van der Waals surface area contributed by atoms with Gasteiger partial charge in [-0.3, -0.25) is 10.1 Å². The van der Waals surface area contributed by atoms with Crippen LogP contribution in [0, 0.1) is 10.1 Å². The summed E-state index contributed by atoms with van der Waals surface area (Å²) in [5.74, 6) is 0.677. The van der Waals surface area contributed by atoms with Crippen molar-refractivity contribution in [1.82, 2.24) is 9.97 Å². The molecule has 1 fully saturated rings. The van der Waals surface area contributed by atoms with Crippen LogP contribution in [0.2, 0.25) is 0 Å². The lowest BCUT2D eigenvalue weighted by Gasteiger charge is -2.12. The molecule has 2 aromatic heterocycles. The highest BCUT2D eigenvalue weighted by atomic mass is 16.6. The number of rotatable bonds is 7. The van der Waals surface area contributed by atoms with Gasteiger partial charge in [-0.25, -0.2) is 0 Å². The van der Waals surface area contributed by atoms with E-state index < -0.39 is 4.92 Å². The number of nitrogens with one attached hydrogen (secondary N) is 2. The summed E-state index contributed by atoms with van der Waals surface area (Å²) in [7, 11) is 0. The maximum atomic E-state index is 11.2. The molecule has 10 nitrogen and oxygen atoms in total. The summed E-state index contributed by atoms with van der Waals surface area (Å²) in [5.41, 5.74) is 5.37. The van der Waals surface area contributed by atoms with Crippen LogP contribution in [0.15, 0.2) is 22.8 Å². The van der Waals surface area contributed by atoms with Gasteiger partial charge in [0.25, 0.3) is 0 Å². The molecule has 1 aliphatic rings. The summed E-state index contributed by atoms with van der Waals surface area (Å²) in [6.45, 7) is 1.51. The van der Waals surface area contributed by atoms with Crippen molar-refractivity contribution >= 4 is 23.3 Å². The lowest BCUT2D eigenvalue weighted by atomic mass is 10.2. The maximum absolute atomic E-state index is 11.2. The zero-order valence-corrected chi connectivity index (χ0v) is 12.9. The third kappa shape index (κ3) is 3.71. The van der Waals surface area contributed by atoms with Crippen LogP contribution in [0.5, 0.6) is 0 Å². The standard InChI is InChI=1S/C14H18N6O4/c15-12-11(20(21)22)13(16-7-9-3-1-5-23-9)19-14(18-12)17-8-10-4-2-6-24-10/h1,3,5,10H,2,4,6-8H2,(H4,15,16,17,18,19)/t10-/m1/s1. The first-order chi connectivity index (χ1) is 11.6. The fourth-order valence-electron chi connectivity index (χ4n) is 2.45. The van der Waals surface area contributed by atoms with E-state index in [1.54, 1.807) is 12.1 Å². The summed E-state index contributed by atoms with van der Waals surface area (Å²) < 4.78 is 10.7. The third-order valence-electron chi connectivity index (χ3n) is 3.62. The molecule has 0 aromatic carbocycles. The normalized spacial score (nSPS) is 16.9. The second-order valence-corrected chi connectivity index (χ2v) is 5.34. The van der Waals surface area contributed by atoms with Gasteiger partial charge in [0.05, 0.1) is 23.8 Å². The molecule has 128 valence electrons. The predicted octanol–water partition coefficient (Wildman–Crippen LogP) is 1.76. The topological polar surface area (TPSA) is 141 Å². The number of nitro groups is 1. The number of nitrogens with two attached hydrogens (primary N) is 1. The van der Waals surface area contributed by atoms with Crippen molar-refractivity contribution in [2.75, 3.05) is 29.5 Å². The first-order valence-electron chi connectivity index (χ1n) is 7.57. The lowest BCUT2D eigenvalue weighted by molar-refractivity contribution is -0.383. The lowest BCUT2D eigenvalue weighted by Crippen LogP contribution is -2.20. The monoisotopic (exact) mass is 334 g/mol. The van der Waals surface area contributed by atoms with Gasteiger partial charge in [0.2, 0.25) is 17.6 Å². The van der Waals surface area contributed by atoms with Gasteiger partial charge in [-0.2, -0.15) is 9.97 Å². The first-order valence-corrected chi connectivity index (χ1v) is 7.57. The second-order valence-electron chi connectivity index (χ2n) is 5.34. The molecule has 10 heteroatoms. The molecule has 2 aromatic rings. The number of ether oxygens (including phenoxy) is 1. The highest BCUT2D eigenvalue weighted by Gasteiger charge is 2.24. The quantitative estimate of drug-likeness (QED) is 0.510. The zero-order valence-electron chi connectivity index (χ0n) is 12.9. The van der Waals surface area contributed by atoms with E-state index in [0.717, 1.165) is 19.4 Å². The van der Waals surface area contributed by atoms with Crippen LogP contribution in [0.4, 0.5) is 23.3 Å². The molecule has 0 spiro atoms. The third-order valence-corrected chi connectivity index (χ3v) is 3.62. The SMILES string of the molecule is Nc1nc(NC[C@H]2CCCO2)nc(NCc2ccco2)c1[N+](=O)[O-]. The summed E-state index contributed by atoms with van der Waals surface area (Å²) in [6.07, 6.45) is 3.59. The Labute approximate surface area is 137 Å². The zero-order chi connectivity index (χ0) is 16.9. The Morgan fingerprint density at radius 1 is 1.42 bits per heavy atom. The van der Waals surface area contributed by atoms with Crippen LogP contribution < -0.4 is 16.4 Å². The molecule has 24 heavy (non-hydrogen) atoms. The molecule has 3 rings (SSSR count). The molecule has 0 unspecified atom stereocenters. The van der Waals surface area contributed by atoms with Gasteiger partial charge in [0, 0.05) is 13.2 Å². The van der Waals surface area contributed by atoms with Gasteiger partial charge in [0.1, 0.15) is 5.76 Å². The van der Waals surface area contributed by atoms with E-state index in [-0.39, 0.29) is 35.9 Å². The molecule has 1 aliphatic heterocycles. The van der Waals surface area contributed by atoms with Gasteiger partial charge < -0.3 is 25.5 Å². The molecule has 0 amide bonds. The van der Waals surface area contributed by atoms with Crippen LogP contribution in [0.25, 0.3) is 0 Å². The predicted molar refractivity (Wildman–Crippen MR) is 86.6 cm³/mol. The largest absolute Gasteiger partial charge is 0.467 e. The van der Waals surface area contributed by atoms with Gasteiger partial charge >= 0.3 is 5.69 Å². The molecular weight excluding hydrogens is 316 g/mol. The molecule has 0 aliphatic carbocycles. The maximum Gasteiger partial charge on any atom is 0.353 e. The van der Waals surface area contributed by atoms with Gasteiger partial charge in [-0.05, 0) is 25.0 Å². The summed E-state index contributed by atoms with van der Waals surface area (Å²) in [6, 6.07) is 3.48. The molecule has 1 saturated heterocycles. The fraction of sp³-hybridized carbons (Fsp3) is 0.429. The molecule has 1 atom stereocenters.